The third-order valence-electron chi connectivity index (χ3n) is 5.79. The summed E-state index contributed by atoms with van der Waals surface area (Å²) in [6, 6.07) is 13.5. The van der Waals surface area contributed by atoms with Gasteiger partial charge in [0.25, 0.3) is 0 Å². The first kappa shape index (κ1) is 22.1. The van der Waals surface area contributed by atoms with Gasteiger partial charge in [0.05, 0.1) is 22.8 Å². The largest absolute Gasteiger partial charge is 0.489 e. The Labute approximate surface area is 187 Å². The average molecular weight is 438 g/mol. The highest BCUT2D eigenvalue weighted by Crippen LogP contribution is 2.27. The quantitative estimate of drug-likeness (QED) is 0.547. The van der Waals surface area contributed by atoms with Crippen molar-refractivity contribution in [2.45, 2.75) is 58.7 Å². The molecular weight excluding hydrogens is 406 g/mol. The molecule has 1 atom stereocenters. The van der Waals surface area contributed by atoms with Gasteiger partial charge in [-0.3, -0.25) is 13.9 Å². The lowest BCUT2D eigenvalue weighted by molar-refractivity contribution is -0.116. The summed E-state index contributed by atoms with van der Waals surface area (Å²) in [5, 5.41) is 2.96. The molecule has 1 aromatic heterocycles. The van der Waals surface area contributed by atoms with E-state index in [1.165, 1.54) is 0 Å². The zero-order valence-corrected chi connectivity index (χ0v) is 18.8. The van der Waals surface area contributed by atoms with Crippen molar-refractivity contribution in [2.24, 2.45) is 0 Å². The number of aromatic nitrogens is 2. The fourth-order valence-electron chi connectivity index (χ4n) is 4.17. The molecule has 1 saturated heterocycles. The van der Waals surface area contributed by atoms with E-state index in [2.05, 4.69) is 5.32 Å². The standard InChI is InChI=1S/C25H31N3O4/c1-3-13-27-21-8-4-5-9-22(21)28(25(27)30)14-12-24(29)26-20-11-10-18(2)16-23(20)32-17-19-7-6-15-31-19/h4-5,8-11,16,19H,3,6-7,12-15,17H2,1-2H3,(H,26,29). The molecule has 3 aromatic rings. The van der Waals surface area contributed by atoms with Gasteiger partial charge in [-0.25, -0.2) is 4.79 Å². The highest BCUT2D eigenvalue weighted by Gasteiger charge is 2.18. The first-order valence-electron chi connectivity index (χ1n) is 11.4. The molecule has 2 aromatic carbocycles. The number of benzene rings is 2. The molecular formula is C25H31N3O4. The van der Waals surface area contributed by atoms with Crippen LogP contribution in [0.1, 0.15) is 38.2 Å². The number of nitrogens with one attached hydrogen (secondary N) is 1. The Morgan fingerprint density at radius 1 is 1.16 bits per heavy atom. The van der Waals surface area contributed by atoms with Gasteiger partial charge >= 0.3 is 5.69 Å². The van der Waals surface area contributed by atoms with E-state index in [9.17, 15) is 9.59 Å². The van der Waals surface area contributed by atoms with Gasteiger partial charge in [-0.2, -0.15) is 0 Å². The molecule has 170 valence electrons. The van der Waals surface area contributed by atoms with Crippen molar-refractivity contribution in [2.75, 3.05) is 18.5 Å². The maximum absolute atomic E-state index is 12.9. The first-order chi connectivity index (χ1) is 15.6. The molecule has 0 saturated carbocycles. The molecule has 1 aliphatic rings. The number of fused-ring (bicyclic) bond motifs is 1. The van der Waals surface area contributed by atoms with Crippen molar-refractivity contribution >= 4 is 22.6 Å². The smallest absolute Gasteiger partial charge is 0.329 e. The highest BCUT2D eigenvalue weighted by atomic mass is 16.5. The number of anilines is 1. The number of amides is 1. The topological polar surface area (TPSA) is 74.5 Å². The van der Waals surface area contributed by atoms with Crippen LogP contribution in [0.15, 0.2) is 47.3 Å². The molecule has 1 N–H and O–H groups in total. The summed E-state index contributed by atoms with van der Waals surface area (Å²) in [4.78, 5) is 25.7. The fraction of sp³-hybridized carbons (Fsp3) is 0.440. The lowest BCUT2D eigenvalue weighted by atomic mass is 10.2. The van der Waals surface area contributed by atoms with E-state index < -0.39 is 0 Å². The van der Waals surface area contributed by atoms with Crippen molar-refractivity contribution in [3.63, 3.8) is 0 Å². The van der Waals surface area contributed by atoms with Crippen LogP contribution in [0.4, 0.5) is 5.69 Å². The summed E-state index contributed by atoms with van der Waals surface area (Å²) in [6.07, 6.45) is 3.22. The number of aryl methyl sites for hydroxylation is 3. The van der Waals surface area contributed by atoms with Crippen LogP contribution in [0.2, 0.25) is 0 Å². The van der Waals surface area contributed by atoms with Gasteiger partial charge < -0.3 is 14.8 Å². The second-order valence-electron chi connectivity index (χ2n) is 8.32. The molecule has 7 nitrogen and oxygen atoms in total. The Bertz CT molecular complexity index is 1140. The molecule has 1 unspecified atom stereocenters. The van der Waals surface area contributed by atoms with Crippen molar-refractivity contribution in [3.8, 4) is 5.75 Å². The van der Waals surface area contributed by atoms with E-state index in [1.54, 1.807) is 9.13 Å². The molecule has 32 heavy (non-hydrogen) atoms. The van der Waals surface area contributed by atoms with Crippen LogP contribution >= 0.6 is 0 Å². The molecule has 1 fully saturated rings. The second kappa shape index (κ2) is 10.0. The molecule has 2 heterocycles. The van der Waals surface area contributed by atoms with Crippen LogP contribution in [0.25, 0.3) is 11.0 Å². The van der Waals surface area contributed by atoms with Gasteiger partial charge in [0.1, 0.15) is 12.4 Å². The number of nitrogens with zero attached hydrogens (tertiary/aromatic N) is 2. The van der Waals surface area contributed by atoms with Crippen molar-refractivity contribution < 1.29 is 14.3 Å². The average Bonchev–Trinajstić information content (AvgIpc) is 3.40. The maximum Gasteiger partial charge on any atom is 0.329 e. The van der Waals surface area contributed by atoms with Crippen LogP contribution in [-0.2, 0) is 22.6 Å². The van der Waals surface area contributed by atoms with Crippen LogP contribution in [0.3, 0.4) is 0 Å². The third-order valence-corrected chi connectivity index (χ3v) is 5.79. The zero-order valence-electron chi connectivity index (χ0n) is 18.8. The summed E-state index contributed by atoms with van der Waals surface area (Å²) >= 11 is 0. The van der Waals surface area contributed by atoms with Crippen molar-refractivity contribution in [1.82, 2.24) is 9.13 Å². The predicted molar refractivity (Wildman–Crippen MR) is 125 cm³/mol. The Hall–Kier alpha value is -3.06. The molecule has 7 heteroatoms. The van der Waals surface area contributed by atoms with Crippen molar-refractivity contribution in [3.05, 3.63) is 58.5 Å². The van der Waals surface area contributed by atoms with Crippen LogP contribution in [-0.4, -0.2) is 34.4 Å². The summed E-state index contributed by atoms with van der Waals surface area (Å²) in [5.74, 6) is 0.487. The lowest BCUT2D eigenvalue weighted by Gasteiger charge is -2.16. The number of imidazole rings is 1. The molecule has 0 bridgehead atoms. The molecule has 0 aliphatic carbocycles. The van der Waals surface area contributed by atoms with Crippen molar-refractivity contribution in [1.29, 1.82) is 0 Å². The number of carbonyl (C=O) groups is 1. The van der Waals surface area contributed by atoms with Crippen LogP contribution in [0.5, 0.6) is 5.75 Å². The van der Waals surface area contributed by atoms with E-state index in [0.717, 1.165) is 42.5 Å². The molecule has 1 amide bonds. The van der Waals surface area contributed by atoms with Gasteiger partial charge in [-0.1, -0.05) is 25.1 Å². The first-order valence-corrected chi connectivity index (χ1v) is 11.4. The van der Waals surface area contributed by atoms with E-state index in [-0.39, 0.29) is 24.1 Å². The molecule has 0 radical (unpaired) electrons. The van der Waals surface area contributed by atoms with Gasteiger partial charge in [0.2, 0.25) is 5.91 Å². The summed E-state index contributed by atoms with van der Waals surface area (Å²) in [7, 11) is 0. The highest BCUT2D eigenvalue weighted by molar-refractivity contribution is 5.92. The lowest BCUT2D eigenvalue weighted by Crippen LogP contribution is -2.26. The SMILES string of the molecule is CCCn1c(=O)n(CCC(=O)Nc2ccc(C)cc2OCC2CCCO2)c2ccccc21. The minimum Gasteiger partial charge on any atom is -0.489 e. The summed E-state index contributed by atoms with van der Waals surface area (Å²) in [5.41, 5.74) is 3.38. The van der Waals surface area contributed by atoms with Gasteiger partial charge in [-0.05, 0) is 56.0 Å². The zero-order chi connectivity index (χ0) is 22.5. The second-order valence-corrected chi connectivity index (χ2v) is 8.32. The Morgan fingerprint density at radius 2 is 1.91 bits per heavy atom. The Balaban J connectivity index is 1.45. The van der Waals surface area contributed by atoms with Gasteiger partial charge in [0.15, 0.2) is 0 Å². The Morgan fingerprint density at radius 3 is 2.59 bits per heavy atom. The number of hydrogen-bond acceptors (Lipinski definition) is 4. The fourth-order valence-corrected chi connectivity index (χ4v) is 4.17. The minimum atomic E-state index is -0.157. The molecule has 4 rings (SSSR count). The van der Waals surface area contributed by atoms with Gasteiger partial charge in [0, 0.05) is 26.1 Å². The van der Waals surface area contributed by atoms with Crippen LogP contribution < -0.4 is 15.7 Å². The number of ether oxygens (including phenoxy) is 2. The number of para-hydroxylation sites is 2. The maximum atomic E-state index is 12.9. The van der Waals surface area contributed by atoms with Crippen LogP contribution in [0, 0.1) is 6.92 Å². The van der Waals surface area contributed by atoms with E-state index >= 15 is 0 Å². The molecule has 0 spiro atoms. The number of carbonyl (C=O) groups excluding carboxylic acids is 1. The normalized spacial score (nSPS) is 15.9. The van der Waals surface area contributed by atoms with E-state index in [1.807, 2.05) is 56.3 Å². The third kappa shape index (κ3) is 4.88. The Kier molecular flexibility index (Phi) is 6.95. The number of hydrogen-bond donors (Lipinski definition) is 1. The number of rotatable bonds is 9. The van der Waals surface area contributed by atoms with E-state index in [0.29, 0.717) is 31.1 Å². The van der Waals surface area contributed by atoms with E-state index in [4.69, 9.17) is 9.47 Å². The van der Waals surface area contributed by atoms with Gasteiger partial charge in [-0.15, -0.1) is 0 Å². The molecule has 1 aliphatic heterocycles. The summed E-state index contributed by atoms with van der Waals surface area (Å²) < 4.78 is 15.1. The minimum absolute atomic E-state index is 0.0724. The predicted octanol–water partition coefficient (Wildman–Crippen LogP) is 4.11. The monoisotopic (exact) mass is 437 g/mol. The summed E-state index contributed by atoms with van der Waals surface area (Å²) in [6.45, 7) is 6.26.